The zero-order valence-electron chi connectivity index (χ0n) is 14.8. The zero-order valence-corrected chi connectivity index (χ0v) is 15.6. The maximum atomic E-state index is 12.0. The van der Waals surface area contributed by atoms with E-state index in [0.717, 1.165) is 16.9 Å². The maximum absolute atomic E-state index is 12.0. The fraction of sp³-hybridized carbons (Fsp3) is 0.368. The molecule has 0 aliphatic carbocycles. The number of thiophene rings is 1. The molecule has 0 bridgehead atoms. The first kappa shape index (κ1) is 19.1. The molecule has 134 valence electrons. The largest absolute Gasteiger partial charge is 0.351 e. The molecule has 0 radical (unpaired) electrons. The zero-order chi connectivity index (χ0) is 18.4. The Hall–Kier alpha value is -2.18. The van der Waals surface area contributed by atoms with Crippen LogP contribution in [0, 0.1) is 5.92 Å². The van der Waals surface area contributed by atoms with Crippen molar-refractivity contribution >= 4 is 23.3 Å². The second-order valence-corrected chi connectivity index (χ2v) is 7.51. The molecule has 25 heavy (non-hydrogen) atoms. The minimum absolute atomic E-state index is 0.123. The molecule has 2 atom stereocenters. The van der Waals surface area contributed by atoms with Crippen molar-refractivity contribution in [3.8, 4) is 0 Å². The molecule has 0 spiro atoms. The van der Waals surface area contributed by atoms with Gasteiger partial charge in [0.1, 0.15) is 0 Å². The number of nitrogens with two attached hydrogens (primary N) is 1. The number of carbonyl (C=O) groups excluding carboxylic acids is 2. The SMILES string of the molecule is CC(C)Cc1ccc([C@@H](N[C@@H](C)C(=O)NC(N)=O)c2cccs2)cc1. The van der Waals surface area contributed by atoms with Gasteiger partial charge in [0.05, 0.1) is 12.1 Å². The first-order chi connectivity index (χ1) is 11.9. The van der Waals surface area contributed by atoms with Crippen LogP contribution in [0.25, 0.3) is 0 Å². The van der Waals surface area contributed by atoms with Crippen molar-refractivity contribution in [1.82, 2.24) is 10.6 Å². The van der Waals surface area contributed by atoms with Crippen molar-refractivity contribution in [2.45, 2.75) is 39.3 Å². The number of imide groups is 1. The summed E-state index contributed by atoms with van der Waals surface area (Å²) in [6, 6.07) is 10.9. The first-order valence-electron chi connectivity index (χ1n) is 8.35. The number of nitrogens with one attached hydrogen (secondary N) is 2. The fourth-order valence-electron chi connectivity index (χ4n) is 2.67. The summed E-state index contributed by atoms with van der Waals surface area (Å²) >= 11 is 1.62. The minimum Gasteiger partial charge on any atom is -0.351 e. The van der Waals surface area contributed by atoms with Gasteiger partial charge in [0, 0.05) is 4.88 Å². The second-order valence-electron chi connectivity index (χ2n) is 6.53. The predicted molar refractivity (Wildman–Crippen MR) is 101 cm³/mol. The number of amides is 3. The van der Waals surface area contributed by atoms with Crippen LogP contribution in [0.2, 0.25) is 0 Å². The molecule has 1 aromatic heterocycles. The monoisotopic (exact) mass is 359 g/mol. The average molecular weight is 359 g/mol. The summed E-state index contributed by atoms with van der Waals surface area (Å²) in [5, 5.41) is 7.41. The molecule has 2 rings (SSSR count). The van der Waals surface area contributed by atoms with Gasteiger partial charge in [-0.3, -0.25) is 15.4 Å². The van der Waals surface area contributed by atoms with Crippen LogP contribution in [0.3, 0.4) is 0 Å². The van der Waals surface area contributed by atoms with Gasteiger partial charge in [0.15, 0.2) is 0 Å². The third-order valence-electron chi connectivity index (χ3n) is 3.84. The molecule has 1 heterocycles. The molecule has 6 heteroatoms. The highest BCUT2D eigenvalue weighted by Gasteiger charge is 2.22. The average Bonchev–Trinajstić information content (AvgIpc) is 3.06. The van der Waals surface area contributed by atoms with Crippen LogP contribution in [0.15, 0.2) is 41.8 Å². The molecule has 5 nitrogen and oxygen atoms in total. The van der Waals surface area contributed by atoms with Crippen LogP contribution < -0.4 is 16.4 Å². The van der Waals surface area contributed by atoms with Crippen LogP contribution in [0.4, 0.5) is 4.79 Å². The quantitative estimate of drug-likeness (QED) is 0.710. The Morgan fingerprint density at radius 1 is 1.12 bits per heavy atom. The van der Waals surface area contributed by atoms with E-state index in [2.05, 4.69) is 48.7 Å². The fourth-order valence-corrected chi connectivity index (χ4v) is 3.48. The van der Waals surface area contributed by atoms with Gasteiger partial charge in [-0.15, -0.1) is 11.3 Å². The van der Waals surface area contributed by atoms with E-state index in [1.807, 2.05) is 17.5 Å². The van der Waals surface area contributed by atoms with E-state index >= 15 is 0 Å². The molecule has 0 unspecified atom stereocenters. The third-order valence-corrected chi connectivity index (χ3v) is 4.78. The molecule has 0 saturated heterocycles. The summed E-state index contributed by atoms with van der Waals surface area (Å²) in [6.45, 7) is 6.11. The van der Waals surface area contributed by atoms with Crippen LogP contribution in [0.1, 0.15) is 42.8 Å². The van der Waals surface area contributed by atoms with Crippen molar-refractivity contribution in [2.75, 3.05) is 0 Å². The maximum Gasteiger partial charge on any atom is 0.318 e. The Kier molecular flexibility index (Phi) is 6.73. The smallest absolute Gasteiger partial charge is 0.318 e. The highest BCUT2D eigenvalue weighted by molar-refractivity contribution is 7.10. The van der Waals surface area contributed by atoms with Crippen LogP contribution in [0.5, 0.6) is 0 Å². The Balaban J connectivity index is 2.19. The molecule has 1 aromatic carbocycles. The van der Waals surface area contributed by atoms with E-state index in [1.165, 1.54) is 5.56 Å². The van der Waals surface area contributed by atoms with Crippen molar-refractivity contribution in [1.29, 1.82) is 0 Å². The van der Waals surface area contributed by atoms with E-state index in [9.17, 15) is 9.59 Å². The molecule has 0 aliphatic heterocycles. The summed E-state index contributed by atoms with van der Waals surface area (Å²) in [7, 11) is 0. The van der Waals surface area contributed by atoms with E-state index in [0.29, 0.717) is 5.92 Å². The first-order valence-corrected chi connectivity index (χ1v) is 9.23. The molecule has 4 N–H and O–H groups in total. The molecule has 3 amide bonds. The Bertz CT molecular complexity index is 696. The number of rotatable bonds is 7. The van der Waals surface area contributed by atoms with E-state index in [1.54, 1.807) is 18.3 Å². The van der Waals surface area contributed by atoms with Gasteiger partial charge in [0.2, 0.25) is 5.91 Å². The van der Waals surface area contributed by atoms with Gasteiger partial charge in [0.25, 0.3) is 0 Å². The number of urea groups is 1. The summed E-state index contributed by atoms with van der Waals surface area (Å²) in [6.07, 6.45) is 1.04. The lowest BCUT2D eigenvalue weighted by atomic mass is 9.98. The van der Waals surface area contributed by atoms with Crippen LogP contribution in [-0.4, -0.2) is 18.0 Å². The minimum atomic E-state index is -0.843. The molecule has 0 fully saturated rings. The summed E-state index contributed by atoms with van der Waals surface area (Å²) < 4.78 is 0. The van der Waals surface area contributed by atoms with Gasteiger partial charge in [-0.1, -0.05) is 44.2 Å². The van der Waals surface area contributed by atoms with E-state index < -0.39 is 18.0 Å². The lowest BCUT2D eigenvalue weighted by molar-refractivity contribution is -0.121. The molecule has 2 aromatic rings. The van der Waals surface area contributed by atoms with Crippen molar-refractivity contribution in [3.05, 3.63) is 57.8 Å². The predicted octanol–water partition coefficient (Wildman–Crippen LogP) is 3.21. The Morgan fingerprint density at radius 2 is 1.80 bits per heavy atom. The summed E-state index contributed by atoms with van der Waals surface area (Å²) in [4.78, 5) is 24.0. The van der Waals surface area contributed by atoms with Crippen molar-refractivity contribution in [2.24, 2.45) is 11.7 Å². The number of carbonyl (C=O) groups is 2. The molecule has 0 saturated carbocycles. The standard InChI is InChI=1S/C19H25N3O2S/c1-12(2)11-14-6-8-15(9-7-14)17(16-5-4-10-25-16)21-13(3)18(23)22-19(20)24/h4-10,12-13,17,21H,11H2,1-3H3,(H3,20,22,23,24)/t13-,17+/m0/s1. The number of hydrogen-bond acceptors (Lipinski definition) is 4. The lowest BCUT2D eigenvalue weighted by Crippen LogP contribution is -2.47. The number of primary amides is 1. The van der Waals surface area contributed by atoms with Crippen LogP contribution in [-0.2, 0) is 11.2 Å². The van der Waals surface area contributed by atoms with Gasteiger partial charge in [-0.05, 0) is 41.8 Å². The van der Waals surface area contributed by atoms with Gasteiger partial charge >= 0.3 is 6.03 Å². The lowest BCUT2D eigenvalue weighted by Gasteiger charge is -2.22. The second kappa shape index (κ2) is 8.78. The Labute approximate surface area is 152 Å². The summed E-state index contributed by atoms with van der Waals surface area (Å²) in [5.74, 6) is 0.167. The van der Waals surface area contributed by atoms with Crippen molar-refractivity contribution in [3.63, 3.8) is 0 Å². The molecule has 0 aliphatic rings. The van der Waals surface area contributed by atoms with Gasteiger partial charge in [-0.2, -0.15) is 0 Å². The van der Waals surface area contributed by atoms with Crippen LogP contribution >= 0.6 is 11.3 Å². The van der Waals surface area contributed by atoms with Gasteiger partial charge < -0.3 is 5.73 Å². The van der Waals surface area contributed by atoms with Gasteiger partial charge in [-0.25, -0.2) is 4.79 Å². The summed E-state index contributed by atoms with van der Waals surface area (Å²) in [5.41, 5.74) is 7.40. The highest BCUT2D eigenvalue weighted by atomic mass is 32.1. The normalized spacial score (nSPS) is 13.4. The topological polar surface area (TPSA) is 84.2 Å². The van der Waals surface area contributed by atoms with Crippen molar-refractivity contribution < 1.29 is 9.59 Å². The molecular weight excluding hydrogens is 334 g/mol. The number of hydrogen-bond donors (Lipinski definition) is 3. The molecular formula is C19H25N3O2S. The number of benzene rings is 1. The van der Waals surface area contributed by atoms with E-state index in [-0.39, 0.29) is 6.04 Å². The van der Waals surface area contributed by atoms with E-state index in [4.69, 9.17) is 5.73 Å². The highest BCUT2D eigenvalue weighted by Crippen LogP contribution is 2.27. The third kappa shape index (κ3) is 5.69. The Morgan fingerprint density at radius 3 is 2.32 bits per heavy atom.